The molecule has 0 radical (unpaired) electrons. The van der Waals surface area contributed by atoms with Crippen LogP contribution in [-0.2, 0) is 4.79 Å². The Hall–Kier alpha value is -1.42. The lowest BCUT2D eigenvalue weighted by Crippen LogP contribution is -2.44. The molecule has 0 bridgehead atoms. The van der Waals surface area contributed by atoms with Gasteiger partial charge < -0.3 is 10.2 Å². The third-order valence-corrected chi connectivity index (χ3v) is 3.83. The van der Waals surface area contributed by atoms with Crippen molar-refractivity contribution < 1.29 is 4.79 Å². The molecule has 1 saturated heterocycles. The van der Waals surface area contributed by atoms with Crippen LogP contribution >= 0.6 is 0 Å². The van der Waals surface area contributed by atoms with Gasteiger partial charge in [-0.1, -0.05) is 6.08 Å². The Morgan fingerprint density at radius 3 is 2.72 bits per heavy atom. The highest BCUT2D eigenvalue weighted by Gasteiger charge is 2.31. The number of rotatable bonds is 3. The largest absolute Gasteiger partial charge is 0.357 e. The Balaban J connectivity index is 2.03. The molecule has 0 spiro atoms. The van der Waals surface area contributed by atoms with E-state index in [0.29, 0.717) is 11.6 Å². The molecule has 1 unspecified atom stereocenters. The summed E-state index contributed by atoms with van der Waals surface area (Å²) in [5.41, 5.74) is 1.06. The van der Waals surface area contributed by atoms with Gasteiger partial charge in [0.25, 0.3) is 0 Å². The van der Waals surface area contributed by atoms with Crippen LogP contribution in [0.1, 0.15) is 19.8 Å². The zero-order chi connectivity index (χ0) is 13.1. The fourth-order valence-corrected chi connectivity index (χ4v) is 2.54. The Bertz CT molecular complexity index is 403. The van der Waals surface area contributed by atoms with Crippen molar-refractivity contribution in [2.24, 2.45) is 10.9 Å². The second-order valence-corrected chi connectivity index (χ2v) is 5.18. The van der Waals surface area contributed by atoms with Gasteiger partial charge in [-0.2, -0.15) is 0 Å². The number of Topliss-reactive ketones (excluding diaryl/α,β-unsaturated/α-hetero) is 1. The molecule has 1 atom stereocenters. The van der Waals surface area contributed by atoms with E-state index < -0.39 is 0 Å². The Morgan fingerprint density at radius 1 is 1.44 bits per heavy atom. The summed E-state index contributed by atoms with van der Waals surface area (Å²) in [6.07, 6.45) is 5.74. The van der Waals surface area contributed by atoms with E-state index in [2.05, 4.69) is 29.0 Å². The van der Waals surface area contributed by atoms with Crippen molar-refractivity contribution in [3.8, 4) is 0 Å². The van der Waals surface area contributed by atoms with Crippen molar-refractivity contribution >= 4 is 12.5 Å². The number of piperidine rings is 1. The molecule has 0 aliphatic carbocycles. The van der Waals surface area contributed by atoms with E-state index >= 15 is 0 Å². The molecular formula is C14H21N3O. The van der Waals surface area contributed by atoms with Crippen molar-refractivity contribution in [1.82, 2.24) is 10.2 Å². The molecule has 2 aliphatic rings. The number of hydrogen-bond acceptors (Lipinski definition) is 4. The van der Waals surface area contributed by atoms with Gasteiger partial charge in [0.15, 0.2) is 5.78 Å². The number of nitrogens with zero attached hydrogens (tertiary/aromatic N) is 2. The van der Waals surface area contributed by atoms with E-state index in [4.69, 9.17) is 0 Å². The number of allylic oxidation sites excluding steroid dienone is 2. The first-order valence-electron chi connectivity index (χ1n) is 6.46. The lowest BCUT2D eigenvalue weighted by Gasteiger charge is -2.32. The summed E-state index contributed by atoms with van der Waals surface area (Å²) in [6, 6.07) is -0.219. The minimum absolute atomic E-state index is 0.172. The molecule has 98 valence electrons. The lowest BCUT2D eigenvalue weighted by molar-refractivity contribution is -0.125. The lowest BCUT2D eigenvalue weighted by atomic mass is 9.86. The van der Waals surface area contributed by atoms with Crippen LogP contribution in [0.15, 0.2) is 28.5 Å². The highest BCUT2D eigenvalue weighted by atomic mass is 16.1. The van der Waals surface area contributed by atoms with Gasteiger partial charge in [-0.15, -0.1) is 0 Å². The number of carbonyl (C=O) groups is 1. The van der Waals surface area contributed by atoms with Crippen molar-refractivity contribution in [3.63, 3.8) is 0 Å². The molecule has 4 nitrogen and oxygen atoms in total. The van der Waals surface area contributed by atoms with Gasteiger partial charge >= 0.3 is 0 Å². The third kappa shape index (κ3) is 2.70. The molecule has 2 heterocycles. The Morgan fingerprint density at radius 2 is 2.11 bits per heavy atom. The molecule has 0 aromatic rings. The summed E-state index contributed by atoms with van der Waals surface area (Å²) < 4.78 is 0. The molecule has 0 aromatic heterocycles. The van der Waals surface area contributed by atoms with Gasteiger partial charge in [0.2, 0.25) is 0 Å². The predicted molar refractivity (Wildman–Crippen MR) is 73.5 cm³/mol. The molecule has 4 heteroatoms. The number of dihydropyridines is 1. The van der Waals surface area contributed by atoms with Crippen LogP contribution in [-0.4, -0.2) is 43.6 Å². The summed E-state index contributed by atoms with van der Waals surface area (Å²) >= 11 is 0. The minimum Gasteiger partial charge on any atom is -0.357 e. The quantitative estimate of drug-likeness (QED) is 0.766. The van der Waals surface area contributed by atoms with Crippen LogP contribution in [0.25, 0.3) is 0 Å². The zero-order valence-electron chi connectivity index (χ0n) is 11.1. The Labute approximate surface area is 108 Å². The zero-order valence-corrected chi connectivity index (χ0v) is 11.1. The van der Waals surface area contributed by atoms with Crippen LogP contribution in [0.4, 0.5) is 0 Å². The molecule has 2 aliphatic heterocycles. The predicted octanol–water partition coefficient (Wildman–Crippen LogP) is 1.36. The van der Waals surface area contributed by atoms with Gasteiger partial charge in [0, 0.05) is 5.92 Å². The molecular weight excluding hydrogens is 226 g/mol. The topological polar surface area (TPSA) is 44.7 Å². The number of aliphatic imine (C=N–C) groups is 1. The van der Waals surface area contributed by atoms with Crippen molar-refractivity contribution in [2.75, 3.05) is 20.1 Å². The van der Waals surface area contributed by atoms with Crippen molar-refractivity contribution in [3.05, 3.63) is 23.5 Å². The highest BCUT2D eigenvalue weighted by molar-refractivity contribution is 5.89. The molecule has 0 aromatic carbocycles. The molecule has 0 amide bonds. The fraction of sp³-hybridized carbons (Fsp3) is 0.571. The molecule has 0 saturated carbocycles. The summed E-state index contributed by atoms with van der Waals surface area (Å²) in [5.74, 6) is 1.16. The first kappa shape index (κ1) is 13.0. The average Bonchev–Trinajstić information content (AvgIpc) is 2.39. The summed E-state index contributed by atoms with van der Waals surface area (Å²) in [7, 11) is 2.10. The van der Waals surface area contributed by atoms with Gasteiger partial charge in [-0.25, -0.2) is 4.99 Å². The number of likely N-dealkylation sites (tertiary alicyclic amines) is 1. The SMILES string of the molecule is C=NC1=CC=C(C)C(C(=O)C2CCN(C)CC2)N1. The number of nitrogens with one attached hydrogen (secondary N) is 1. The maximum Gasteiger partial charge on any atom is 0.162 e. The van der Waals surface area contributed by atoms with Crippen molar-refractivity contribution in [1.29, 1.82) is 0 Å². The first-order valence-corrected chi connectivity index (χ1v) is 6.46. The van der Waals surface area contributed by atoms with E-state index in [1.165, 1.54) is 0 Å². The fourth-order valence-electron chi connectivity index (χ4n) is 2.54. The normalized spacial score (nSPS) is 26.0. The summed E-state index contributed by atoms with van der Waals surface area (Å²) in [6.45, 7) is 7.50. The second kappa shape index (κ2) is 5.48. The standard InChI is InChI=1S/C14H21N3O/c1-10-4-5-12(15-2)16-13(10)14(18)11-6-8-17(3)9-7-11/h4-5,11,13,16H,2,6-9H2,1,3H3. The van der Waals surface area contributed by atoms with Gasteiger partial charge in [-0.05, 0) is 58.3 Å². The van der Waals surface area contributed by atoms with E-state index in [1.807, 2.05) is 19.1 Å². The minimum atomic E-state index is -0.219. The summed E-state index contributed by atoms with van der Waals surface area (Å²) in [4.78, 5) is 18.7. The molecule has 1 fully saturated rings. The molecule has 1 N–H and O–H groups in total. The van der Waals surface area contributed by atoms with E-state index in [-0.39, 0.29) is 12.0 Å². The maximum atomic E-state index is 12.5. The van der Waals surface area contributed by atoms with Crippen LogP contribution < -0.4 is 5.32 Å². The van der Waals surface area contributed by atoms with E-state index in [9.17, 15) is 4.79 Å². The Kier molecular flexibility index (Phi) is 3.97. The third-order valence-electron chi connectivity index (χ3n) is 3.83. The maximum absolute atomic E-state index is 12.5. The van der Waals surface area contributed by atoms with Gasteiger partial charge in [-0.3, -0.25) is 4.79 Å². The average molecular weight is 247 g/mol. The van der Waals surface area contributed by atoms with Crippen LogP contribution in [0.3, 0.4) is 0 Å². The van der Waals surface area contributed by atoms with Gasteiger partial charge in [0.1, 0.15) is 11.9 Å². The first-order chi connectivity index (χ1) is 8.61. The highest BCUT2D eigenvalue weighted by Crippen LogP contribution is 2.22. The van der Waals surface area contributed by atoms with Crippen LogP contribution in [0.5, 0.6) is 0 Å². The smallest absolute Gasteiger partial charge is 0.162 e. The number of carbonyl (C=O) groups excluding carboxylic acids is 1. The van der Waals surface area contributed by atoms with E-state index in [0.717, 1.165) is 31.5 Å². The monoisotopic (exact) mass is 247 g/mol. The number of ketones is 1. The van der Waals surface area contributed by atoms with E-state index in [1.54, 1.807) is 0 Å². The van der Waals surface area contributed by atoms with Crippen LogP contribution in [0.2, 0.25) is 0 Å². The molecule has 2 rings (SSSR count). The van der Waals surface area contributed by atoms with Gasteiger partial charge in [0.05, 0.1) is 0 Å². The van der Waals surface area contributed by atoms with Crippen molar-refractivity contribution in [2.45, 2.75) is 25.8 Å². The summed E-state index contributed by atoms with van der Waals surface area (Å²) in [5, 5.41) is 3.16. The molecule has 18 heavy (non-hydrogen) atoms. The second-order valence-electron chi connectivity index (χ2n) is 5.18. The van der Waals surface area contributed by atoms with Crippen LogP contribution in [0, 0.1) is 5.92 Å². The number of hydrogen-bond donors (Lipinski definition) is 1.